The van der Waals surface area contributed by atoms with Crippen molar-refractivity contribution >= 4 is 5.91 Å². The Morgan fingerprint density at radius 1 is 1.30 bits per heavy atom. The summed E-state index contributed by atoms with van der Waals surface area (Å²) < 4.78 is 36.9. The molecule has 0 aromatic rings. The summed E-state index contributed by atoms with van der Waals surface area (Å²) in [6.45, 7) is 3.59. The first-order chi connectivity index (χ1) is 9.35. The molecule has 0 bridgehead atoms. The van der Waals surface area contributed by atoms with Gasteiger partial charge < -0.3 is 11.1 Å². The predicted octanol–water partition coefficient (Wildman–Crippen LogP) is 0.0198. The van der Waals surface area contributed by atoms with Gasteiger partial charge in [0.15, 0.2) is 0 Å². The number of alkyl halides is 3. The second kappa shape index (κ2) is 7.80. The van der Waals surface area contributed by atoms with E-state index in [2.05, 4.69) is 5.32 Å². The largest absolute Gasteiger partial charge is 0.401 e. The summed E-state index contributed by atoms with van der Waals surface area (Å²) in [5, 5.41) is 2.71. The highest BCUT2D eigenvalue weighted by Gasteiger charge is 2.33. The van der Waals surface area contributed by atoms with Crippen molar-refractivity contribution in [1.29, 1.82) is 0 Å². The van der Waals surface area contributed by atoms with E-state index < -0.39 is 12.7 Å². The minimum Gasteiger partial charge on any atom is -0.356 e. The average molecular weight is 296 g/mol. The van der Waals surface area contributed by atoms with Crippen molar-refractivity contribution < 1.29 is 18.0 Å². The van der Waals surface area contributed by atoms with E-state index in [9.17, 15) is 18.0 Å². The molecule has 1 rings (SSSR count). The molecule has 1 aliphatic rings. The number of piperazine rings is 1. The number of amides is 1. The highest BCUT2D eigenvalue weighted by atomic mass is 19.4. The van der Waals surface area contributed by atoms with Crippen molar-refractivity contribution in [3.05, 3.63) is 0 Å². The van der Waals surface area contributed by atoms with Gasteiger partial charge in [-0.3, -0.25) is 14.6 Å². The fraction of sp³-hybridized carbons (Fsp3) is 0.917. The zero-order chi connectivity index (χ0) is 15.2. The number of carbonyl (C=O) groups is 1. The SMILES string of the molecule is CCNC(=O)CC(CN)N1CCN(CC(F)(F)F)CC1. The second-order valence-corrected chi connectivity index (χ2v) is 4.97. The minimum atomic E-state index is -4.16. The van der Waals surface area contributed by atoms with E-state index in [0.717, 1.165) is 0 Å². The molecule has 1 unspecified atom stereocenters. The van der Waals surface area contributed by atoms with Crippen molar-refractivity contribution in [3.63, 3.8) is 0 Å². The predicted molar refractivity (Wildman–Crippen MR) is 70.2 cm³/mol. The van der Waals surface area contributed by atoms with E-state index >= 15 is 0 Å². The highest BCUT2D eigenvalue weighted by molar-refractivity contribution is 5.76. The lowest BCUT2D eigenvalue weighted by Crippen LogP contribution is -2.54. The first-order valence-electron chi connectivity index (χ1n) is 6.85. The van der Waals surface area contributed by atoms with Gasteiger partial charge in [-0.05, 0) is 6.92 Å². The summed E-state index contributed by atoms with van der Waals surface area (Å²) in [5.74, 6) is -0.0688. The van der Waals surface area contributed by atoms with Gasteiger partial charge in [0.25, 0.3) is 0 Å². The Bertz CT molecular complexity index is 304. The average Bonchev–Trinajstić information content (AvgIpc) is 2.35. The topological polar surface area (TPSA) is 61.6 Å². The minimum absolute atomic E-state index is 0.0688. The first-order valence-corrected chi connectivity index (χ1v) is 6.85. The molecule has 3 N–H and O–H groups in total. The van der Waals surface area contributed by atoms with Gasteiger partial charge in [0.1, 0.15) is 0 Å². The van der Waals surface area contributed by atoms with Gasteiger partial charge in [-0.1, -0.05) is 0 Å². The fourth-order valence-corrected chi connectivity index (χ4v) is 2.38. The molecule has 1 atom stereocenters. The molecule has 5 nitrogen and oxygen atoms in total. The molecule has 0 aromatic heterocycles. The van der Waals surface area contributed by atoms with E-state index in [1.807, 2.05) is 11.8 Å². The quantitative estimate of drug-likeness (QED) is 0.725. The number of nitrogens with two attached hydrogens (primary N) is 1. The van der Waals surface area contributed by atoms with Crippen molar-refractivity contribution in [2.75, 3.05) is 45.8 Å². The van der Waals surface area contributed by atoms with E-state index in [1.165, 1.54) is 4.90 Å². The van der Waals surface area contributed by atoms with Gasteiger partial charge >= 0.3 is 6.18 Å². The van der Waals surface area contributed by atoms with E-state index in [4.69, 9.17) is 5.73 Å². The zero-order valence-electron chi connectivity index (χ0n) is 11.7. The van der Waals surface area contributed by atoms with E-state index in [0.29, 0.717) is 45.7 Å². The molecule has 1 saturated heterocycles. The van der Waals surface area contributed by atoms with Crippen LogP contribution in [0.25, 0.3) is 0 Å². The molecular weight excluding hydrogens is 273 g/mol. The molecule has 0 radical (unpaired) electrons. The Morgan fingerprint density at radius 3 is 2.35 bits per heavy atom. The smallest absolute Gasteiger partial charge is 0.356 e. The van der Waals surface area contributed by atoms with Crippen LogP contribution in [-0.4, -0.2) is 73.7 Å². The van der Waals surface area contributed by atoms with Crippen molar-refractivity contribution in [1.82, 2.24) is 15.1 Å². The molecular formula is C12H23F3N4O. The highest BCUT2D eigenvalue weighted by Crippen LogP contribution is 2.18. The zero-order valence-corrected chi connectivity index (χ0v) is 11.7. The third-order valence-corrected chi connectivity index (χ3v) is 3.39. The Balaban J connectivity index is 2.40. The van der Waals surface area contributed by atoms with Crippen LogP contribution < -0.4 is 11.1 Å². The van der Waals surface area contributed by atoms with Gasteiger partial charge in [0.05, 0.1) is 6.54 Å². The fourth-order valence-electron chi connectivity index (χ4n) is 2.38. The summed E-state index contributed by atoms with van der Waals surface area (Å²) in [6, 6.07) is -0.102. The Labute approximate surface area is 117 Å². The first kappa shape index (κ1) is 17.2. The summed E-state index contributed by atoms with van der Waals surface area (Å²) in [7, 11) is 0. The van der Waals surface area contributed by atoms with Crippen molar-refractivity contribution in [2.45, 2.75) is 25.6 Å². The molecule has 118 valence electrons. The maximum absolute atomic E-state index is 12.3. The second-order valence-electron chi connectivity index (χ2n) is 4.97. The van der Waals surface area contributed by atoms with Crippen molar-refractivity contribution in [2.24, 2.45) is 5.73 Å². The molecule has 1 amide bonds. The van der Waals surface area contributed by atoms with Crippen LogP contribution in [0.1, 0.15) is 13.3 Å². The number of hydrogen-bond donors (Lipinski definition) is 2. The molecule has 0 aromatic carbocycles. The molecule has 8 heteroatoms. The van der Waals surface area contributed by atoms with E-state index in [-0.39, 0.29) is 11.9 Å². The normalized spacial score (nSPS) is 19.9. The third-order valence-electron chi connectivity index (χ3n) is 3.39. The van der Waals surface area contributed by atoms with Crippen molar-refractivity contribution in [3.8, 4) is 0 Å². The van der Waals surface area contributed by atoms with Crippen LogP contribution >= 0.6 is 0 Å². The molecule has 1 fully saturated rings. The van der Waals surface area contributed by atoms with Gasteiger partial charge in [0, 0.05) is 51.7 Å². The molecule has 1 heterocycles. The molecule has 0 spiro atoms. The number of nitrogens with zero attached hydrogens (tertiary/aromatic N) is 2. The molecule has 0 aliphatic carbocycles. The maximum atomic E-state index is 12.3. The van der Waals surface area contributed by atoms with Gasteiger partial charge in [-0.15, -0.1) is 0 Å². The molecule has 1 aliphatic heterocycles. The number of rotatable bonds is 6. The Kier molecular flexibility index (Phi) is 6.70. The number of halogens is 3. The van der Waals surface area contributed by atoms with Crippen LogP contribution in [-0.2, 0) is 4.79 Å². The third kappa shape index (κ3) is 6.06. The lowest BCUT2D eigenvalue weighted by atomic mass is 10.1. The number of carbonyl (C=O) groups excluding carboxylic acids is 1. The van der Waals surface area contributed by atoms with Crippen LogP contribution in [0.2, 0.25) is 0 Å². The van der Waals surface area contributed by atoms with E-state index in [1.54, 1.807) is 0 Å². The Hall–Kier alpha value is -0.860. The number of nitrogens with one attached hydrogen (secondary N) is 1. The lowest BCUT2D eigenvalue weighted by molar-refractivity contribution is -0.149. The summed E-state index contributed by atoms with van der Waals surface area (Å²) >= 11 is 0. The van der Waals surface area contributed by atoms with Crippen LogP contribution in [0, 0.1) is 0 Å². The van der Waals surface area contributed by atoms with Gasteiger partial charge in [-0.2, -0.15) is 13.2 Å². The molecule has 20 heavy (non-hydrogen) atoms. The monoisotopic (exact) mass is 296 g/mol. The lowest BCUT2D eigenvalue weighted by Gasteiger charge is -2.38. The maximum Gasteiger partial charge on any atom is 0.401 e. The van der Waals surface area contributed by atoms with Gasteiger partial charge in [0.2, 0.25) is 5.91 Å². The Morgan fingerprint density at radius 2 is 1.90 bits per heavy atom. The summed E-state index contributed by atoms with van der Waals surface area (Å²) in [4.78, 5) is 14.9. The van der Waals surface area contributed by atoms with Gasteiger partial charge in [-0.25, -0.2) is 0 Å². The number of hydrogen-bond acceptors (Lipinski definition) is 4. The van der Waals surface area contributed by atoms with Crippen LogP contribution in [0.15, 0.2) is 0 Å². The van der Waals surface area contributed by atoms with Crippen LogP contribution in [0.5, 0.6) is 0 Å². The standard InChI is InChI=1S/C12H23F3N4O/c1-2-17-11(20)7-10(8-16)19-5-3-18(4-6-19)9-12(13,14)15/h10H,2-9,16H2,1H3,(H,17,20). The van der Waals surface area contributed by atoms with Crippen LogP contribution in [0.4, 0.5) is 13.2 Å². The summed E-state index contributed by atoms with van der Waals surface area (Å²) in [6.07, 6.45) is -3.86. The summed E-state index contributed by atoms with van der Waals surface area (Å²) in [5.41, 5.74) is 5.67. The van der Waals surface area contributed by atoms with Crippen LogP contribution in [0.3, 0.4) is 0 Å². The molecule has 0 saturated carbocycles.